The van der Waals surface area contributed by atoms with Crippen LogP contribution in [0.15, 0.2) is 54.7 Å². The van der Waals surface area contributed by atoms with Crippen molar-refractivity contribution in [3.8, 4) is 5.75 Å². The zero-order valence-electron chi connectivity index (χ0n) is 14.7. The third-order valence-corrected chi connectivity index (χ3v) is 4.12. The van der Waals surface area contributed by atoms with Crippen molar-refractivity contribution in [3.05, 3.63) is 65.9 Å². The fraction of sp³-hybridized carbons (Fsp3) is 0.200. The molecule has 134 valence electrons. The van der Waals surface area contributed by atoms with Gasteiger partial charge >= 0.3 is 5.97 Å². The number of nitrogens with zero attached hydrogens (tertiary/aromatic N) is 1. The number of aromatic nitrogens is 1. The minimum absolute atomic E-state index is 0.300. The SMILES string of the molecule is COc1ccccc1CNC(=O)COC(=O)c1cn(C)c2ccccc12. The normalized spacial score (nSPS) is 10.5. The second kappa shape index (κ2) is 7.74. The highest BCUT2D eigenvalue weighted by Gasteiger charge is 2.16. The van der Waals surface area contributed by atoms with Crippen LogP contribution < -0.4 is 10.1 Å². The Kier molecular flexibility index (Phi) is 5.22. The first-order valence-electron chi connectivity index (χ1n) is 8.20. The van der Waals surface area contributed by atoms with E-state index in [1.165, 1.54) is 0 Å². The molecule has 1 N–H and O–H groups in total. The number of nitrogens with one attached hydrogen (secondary N) is 1. The number of amides is 1. The molecule has 3 aromatic rings. The van der Waals surface area contributed by atoms with Crippen LogP contribution in [0, 0.1) is 0 Å². The van der Waals surface area contributed by atoms with Crippen LogP contribution in [-0.2, 0) is 23.1 Å². The first-order valence-corrected chi connectivity index (χ1v) is 8.20. The van der Waals surface area contributed by atoms with Gasteiger partial charge in [0.1, 0.15) is 5.75 Å². The van der Waals surface area contributed by atoms with Crippen LogP contribution in [0.2, 0.25) is 0 Å². The molecule has 26 heavy (non-hydrogen) atoms. The zero-order valence-corrected chi connectivity index (χ0v) is 14.7. The zero-order chi connectivity index (χ0) is 18.5. The summed E-state index contributed by atoms with van der Waals surface area (Å²) in [6, 6.07) is 14.9. The maximum Gasteiger partial charge on any atom is 0.340 e. The van der Waals surface area contributed by atoms with E-state index in [1.807, 2.05) is 60.1 Å². The number of aryl methyl sites for hydroxylation is 1. The van der Waals surface area contributed by atoms with Gasteiger partial charge in [-0.2, -0.15) is 0 Å². The summed E-state index contributed by atoms with van der Waals surface area (Å²) < 4.78 is 12.3. The molecular weight excluding hydrogens is 332 g/mol. The van der Waals surface area contributed by atoms with Gasteiger partial charge in [-0.05, 0) is 12.1 Å². The van der Waals surface area contributed by atoms with Crippen molar-refractivity contribution >= 4 is 22.8 Å². The summed E-state index contributed by atoms with van der Waals surface area (Å²) in [4.78, 5) is 24.3. The van der Waals surface area contributed by atoms with Crippen molar-refractivity contribution in [2.24, 2.45) is 7.05 Å². The van der Waals surface area contributed by atoms with Crippen LogP contribution in [-0.4, -0.2) is 30.2 Å². The second-order valence-corrected chi connectivity index (χ2v) is 5.84. The van der Waals surface area contributed by atoms with Crippen molar-refractivity contribution in [2.45, 2.75) is 6.54 Å². The molecule has 0 fully saturated rings. The average molecular weight is 352 g/mol. The van der Waals surface area contributed by atoms with Crippen LogP contribution in [0.5, 0.6) is 5.75 Å². The average Bonchev–Trinajstić information content (AvgIpc) is 3.02. The molecule has 0 bridgehead atoms. The highest BCUT2D eigenvalue weighted by Crippen LogP contribution is 2.21. The van der Waals surface area contributed by atoms with Crippen LogP contribution in [0.3, 0.4) is 0 Å². The van der Waals surface area contributed by atoms with E-state index in [2.05, 4.69) is 5.32 Å². The number of fused-ring (bicyclic) bond motifs is 1. The van der Waals surface area contributed by atoms with Gasteiger partial charge in [-0.15, -0.1) is 0 Å². The standard InChI is InChI=1S/C20H20N2O4/c1-22-12-16(15-8-4-5-9-17(15)22)20(24)26-13-19(23)21-11-14-7-3-6-10-18(14)25-2/h3-10,12H,11,13H2,1-2H3,(H,21,23). The molecule has 6 heteroatoms. The van der Waals surface area contributed by atoms with Gasteiger partial charge in [0.25, 0.3) is 5.91 Å². The van der Waals surface area contributed by atoms with Crippen LogP contribution in [0.4, 0.5) is 0 Å². The molecule has 0 aliphatic heterocycles. The molecule has 2 aromatic carbocycles. The van der Waals surface area contributed by atoms with Gasteiger partial charge in [-0.25, -0.2) is 4.79 Å². The molecule has 0 unspecified atom stereocenters. The molecule has 0 atom stereocenters. The number of ether oxygens (including phenoxy) is 2. The Bertz CT molecular complexity index is 946. The molecule has 6 nitrogen and oxygen atoms in total. The van der Waals surface area contributed by atoms with E-state index in [9.17, 15) is 9.59 Å². The van der Waals surface area contributed by atoms with E-state index in [0.29, 0.717) is 17.9 Å². The van der Waals surface area contributed by atoms with Crippen LogP contribution >= 0.6 is 0 Å². The van der Waals surface area contributed by atoms with Crippen molar-refractivity contribution in [1.29, 1.82) is 0 Å². The Labute approximate surface area is 151 Å². The summed E-state index contributed by atoms with van der Waals surface area (Å²) in [5.74, 6) is -0.195. The Morgan fingerprint density at radius 3 is 2.62 bits per heavy atom. The summed E-state index contributed by atoms with van der Waals surface area (Å²) in [5.41, 5.74) is 2.23. The van der Waals surface area contributed by atoms with E-state index >= 15 is 0 Å². The van der Waals surface area contributed by atoms with E-state index < -0.39 is 5.97 Å². The number of para-hydroxylation sites is 2. The number of carbonyl (C=O) groups excluding carboxylic acids is 2. The van der Waals surface area contributed by atoms with Gasteiger partial charge in [-0.3, -0.25) is 4.79 Å². The lowest BCUT2D eigenvalue weighted by molar-refractivity contribution is -0.124. The molecule has 0 aliphatic rings. The molecular formula is C20H20N2O4. The predicted octanol–water partition coefficient (Wildman–Crippen LogP) is 2.66. The molecule has 1 amide bonds. The van der Waals surface area contributed by atoms with Gasteiger partial charge in [0.05, 0.1) is 12.7 Å². The minimum atomic E-state index is -0.519. The number of rotatable bonds is 6. The fourth-order valence-electron chi connectivity index (χ4n) is 2.81. The number of hydrogen-bond donors (Lipinski definition) is 1. The third kappa shape index (κ3) is 3.69. The Morgan fingerprint density at radius 2 is 1.81 bits per heavy atom. The van der Waals surface area contributed by atoms with Crippen LogP contribution in [0.1, 0.15) is 15.9 Å². The minimum Gasteiger partial charge on any atom is -0.496 e. The maximum atomic E-state index is 12.3. The van der Waals surface area contributed by atoms with Crippen molar-refractivity contribution in [1.82, 2.24) is 9.88 Å². The monoisotopic (exact) mass is 352 g/mol. The first-order chi connectivity index (χ1) is 12.6. The smallest absolute Gasteiger partial charge is 0.340 e. The van der Waals surface area contributed by atoms with Crippen LogP contribution in [0.25, 0.3) is 10.9 Å². The van der Waals surface area contributed by atoms with E-state index in [1.54, 1.807) is 13.3 Å². The number of hydrogen-bond acceptors (Lipinski definition) is 4. The van der Waals surface area contributed by atoms with Gasteiger partial charge in [0, 0.05) is 36.3 Å². The number of esters is 1. The molecule has 0 saturated heterocycles. The summed E-state index contributed by atoms with van der Waals surface area (Å²) in [7, 11) is 3.44. The lowest BCUT2D eigenvalue weighted by Crippen LogP contribution is -2.28. The van der Waals surface area contributed by atoms with Crippen molar-refractivity contribution in [2.75, 3.05) is 13.7 Å². The topological polar surface area (TPSA) is 69.6 Å². The van der Waals surface area contributed by atoms with Gasteiger partial charge in [-0.1, -0.05) is 36.4 Å². The molecule has 1 heterocycles. The highest BCUT2D eigenvalue weighted by atomic mass is 16.5. The lowest BCUT2D eigenvalue weighted by atomic mass is 10.2. The van der Waals surface area contributed by atoms with E-state index in [-0.39, 0.29) is 12.5 Å². The lowest BCUT2D eigenvalue weighted by Gasteiger charge is -2.09. The summed E-state index contributed by atoms with van der Waals surface area (Å²) in [6.07, 6.45) is 1.71. The molecule has 0 radical (unpaired) electrons. The maximum absolute atomic E-state index is 12.3. The summed E-state index contributed by atoms with van der Waals surface area (Å²) in [5, 5.41) is 3.52. The molecule has 0 saturated carbocycles. The third-order valence-electron chi connectivity index (χ3n) is 4.12. The van der Waals surface area contributed by atoms with Crippen molar-refractivity contribution < 1.29 is 19.1 Å². The molecule has 0 aliphatic carbocycles. The Hall–Kier alpha value is -3.28. The van der Waals surface area contributed by atoms with Gasteiger partial charge in [0.2, 0.25) is 0 Å². The first kappa shape index (κ1) is 17.5. The number of benzene rings is 2. The number of carbonyl (C=O) groups is 2. The van der Waals surface area contributed by atoms with Gasteiger partial charge in [0.15, 0.2) is 6.61 Å². The predicted molar refractivity (Wildman–Crippen MR) is 98.0 cm³/mol. The summed E-state index contributed by atoms with van der Waals surface area (Å²) >= 11 is 0. The van der Waals surface area contributed by atoms with Gasteiger partial charge < -0.3 is 19.4 Å². The summed E-state index contributed by atoms with van der Waals surface area (Å²) in [6.45, 7) is -0.0358. The Morgan fingerprint density at radius 1 is 1.08 bits per heavy atom. The van der Waals surface area contributed by atoms with E-state index in [4.69, 9.17) is 9.47 Å². The van der Waals surface area contributed by atoms with Crippen molar-refractivity contribution in [3.63, 3.8) is 0 Å². The fourth-order valence-corrected chi connectivity index (χ4v) is 2.81. The largest absolute Gasteiger partial charge is 0.496 e. The van der Waals surface area contributed by atoms with E-state index in [0.717, 1.165) is 16.5 Å². The second-order valence-electron chi connectivity index (χ2n) is 5.84. The number of methoxy groups -OCH3 is 1. The molecule has 3 rings (SSSR count). The highest BCUT2D eigenvalue weighted by molar-refractivity contribution is 6.04. The molecule has 1 aromatic heterocycles. The quantitative estimate of drug-likeness (QED) is 0.693. The molecule has 0 spiro atoms. The Balaban J connectivity index is 1.58.